The number of nitrogens with one attached hydrogen (secondary N) is 1. The van der Waals surface area contributed by atoms with Gasteiger partial charge in [-0.05, 0) is 24.1 Å². The Morgan fingerprint density at radius 2 is 2.08 bits per heavy atom. The number of aromatic nitrogens is 1. The first-order chi connectivity index (χ1) is 11.4. The second-order valence-corrected chi connectivity index (χ2v) is 5.55. The number of halogens is 2. The standard InChI is InChI=1S/C17H18F2N2O3/c1-10(2)15(22)16(23)21-9-11-4-3-7-20-17(11)24-14-6-5-12(18)8-13(14)19/h3-8,10,15,22H,9H2,1-2H3,(H,21,23)/t15-/m1/s1. The highest BCUT2D eigenvalue weighted by atomic mass is 19.1. The highest BCUT2D eigenvalue weighted by molar-refractivity contribution is 5.80. The molecule has 7 heteroatoms. The Labute approximate surface area is 138 Å². The molecule has 128 valence electrons. The van der Waals surface area contributed by atoms with Gasteiger partial charge in [0.05, 0.1) is 0 Å². The zero-order valence-electron chi connectivity index (χ0n) is 13.3. The van der Waals surface area contributed by atoms with Gasteiger partial charge in [0.15, 0.2) is 11.6 Å². The molecule has 1 atom stereocenters. The van der Waals surface area contributed by atoms with Crippen molar-refractivity contribution in [1.29, 1.82) is 0 Å². The van der Waals surface area contributed by atoms with E-state index in [0.29, 0.717) is 11.6 Å². The van der Waals surface area contributed by atoms with E-state index in [2.05, 4.69) is 10.3 Å². The molecule has 0 aliphatic heterocycles. The van der Waals surface area contributed by atoms with Crippen LogP contribution in [0.2, 0.25) is 0 Å². The van der Waals surface area contributed by atoms with Crippen LogP contribution in [0.4, 0.5) is 8.78 Å². The van der Waals surface area contributed by atoms with Gasteiger partial charge >= 0.3 is 0 Å². The monoisotopic (exact) mass is 336 g/mol. The van der Waals surface area contributed by atoms with Crippen molar-refractivity contribution in [3.8, 4) is 11.6 Å². The van der Waals surface area contributed by atoms with E-state index in [1.807, 2.05) is 0 Å². The Kier molecular flexibility index (Phi) is 5.81. The maximum absolute atomic E-state index is 13.7. The largest absolute Gasteiger partial charge is 0.436 e. The van der Waals surface area contributed by atoms with Gasteiger partial charge in [0.25, 0.3) is 0 Å². The molecule has 0 saturated heterocycles. The smallest absolute Gasteiger partial charge is 0.249 e. The molecular weight excluding hydrogens is 318 g/mol. The number of ether oxygens (including phenoxy) is 1. The van der Waals surface area contributed by atoms with Crippen LogP contribution in [0.3, 0.4) is 0 Å². The van der Waals surface area contributed by atoms with Crippen molar-refractivity contribution in [2.75, 3.05) is 0 Å². The van der Waals surface area contributed by atoms with Gasteiger partial charge in [-0.1, -0.05) is 19.9 Å². The number of hydrogen-bond donors (Lipinski definition) is 2. The fourth-order valence-corrected chi connectivity index (χ4v) is 1.90. The van der Waals surface area contributed by atoms with Crippen molar-refractivity contribution in [2.45, 2.75) is 26.5 Å². The number of benzene rings is 1. The maximum Gasteiger partial charge on any atom is 0.249 e. The zero-order valence-corrected chi connectivity index (χ0v) is 13.3. The summed E-state index contributed by atoms with van der Waals surface area (Å²) in [6.07, 6.45) is 0.325. The minimum atomic E-state index is -1.12. The lowest BCUT2D eigenvalue weighted by molar-refractivity contribution is -0.131. The van der Waals surface area contributed by atoms with E-state index in [9.17, 15) is 18.7 Å². The van der Waals surface area contributed by atoms with Crippen LogP contribution < -0.4 is 10.1 Å². The number of aliphatic hydroxyl groups excluding tert-OH is 1. The van der Waals surface area contributed by atoms with E-state index in [0.717, 1.165) is 12.1 Å². The zero-order chi connectivity index (χ0) is 17.7. The molecule has 0 aliphatic rings. The van der Waals surface area contributed by atoms with Crippen molar-refractivity contribution < 1.29 is 23.4 Å². The Hall–Kier alpha value is -2.54. The molecule has 2 N–H and O–H groups in total. The summed E-state index contributed by atoms with van der Waals surface area (Å²) >= 11 is 0. The molecule has 2 aromatic rings. The van der Waals surface area contributed by atoms with Crippen LogP contribution in [0, 0.1) is 17.6 Å². The molecule has 0 bridgehead atoms. The number of hydrogen-bond acceptors (Lipinski definition) is 4. The van der Waals surface area contributed by atoms with Crippen LogP contribution in [0.25, 0.3) is 0 Å². The summed E-state index contributed by atoms with van der Waals surface area (Å²) in [5, 5.41) is 12.3. The van der Waals surface area contributed by atoms with Gasteiger partial charge < -0.3 is 15.2 Å². The average Bonchev–Trinajstić information content (AvgIpc) is 2.55. The predicted molar refractivity (Wildman–Crippen MR) is 83.4 cm³/mol. The van der Waals surface area contributed by atoms with Gasteiger partial charge in [0.1, 0.15) is 11.9 Å². The number of carbonyl (C=O) groups is 1. The van der Waals surface area contributed by atoms with Crippen molar-refractivity contribution in [3.63, 3.8) is 0 Å². The SMILES string of the molecule is CC(C)[C@@H](O)C(=O)NCc1cccnc1Oc1ccc(F)cc1F. The maximum atomic E-state index is 13.7. The van der Waals surface area contributed by atoms with Gasteiger partial charge in [-0.2, -0.15) is 0 Å². The molecule has 0 aliphatic carbocycles. The fraction of sp³-hybridized carbons (Fsp3) is 0.294. The molecule has 0 spiro atoms. The molecule has 1 amide bonds. The fourth-order valence-electron chi connectivity index (χ4n) is 1.90. The molecule has 0 radical (unpaired) electrons. The molecular formula is C17H18F2N2O3. The summed E-state index contributed by atoms with van der Waals surface area (Å²) in [6.45, 7) is 3.49. The van der Waals surface area contributed by atoms with Crippen LogP contribution in [0.5, 0.6) is 11.6 Å². The lowest BCUT2D eigenvalue weighted by atomic mass is 10.1. The van der Waals surface area contributed by atoms with Crippen LogP contribution in [0.1, 0.15) is 19.4 Å². The van der Waals surface area contributed by atoms with Crippen LogP contribution >= 0.6 is 0 Å². The van der Waals surface area contributed by atoms with E-state index in [-0.39, 0.29) is 24.1 Å². The minimum absolute atomic E-state index is 0.0502. The van der Waals surface area contributed by atoms with Crippen molar-refractivity contribution >= 4 is 5.91 Å². The van der Waals surface area contributed by atoms with Crippen LogP contribution in [0.15, 0.2) is 36.5 Å². The molecule has 24 heavy (non-hydrogen) atoms. The number of rotatable bonds is 6. The normalized spacial score (nSPS) is 12.1. The molecule has 5 nitrogen and oxygen atoms in total. The second-order valence-electron chi connectivity index (χ2n) is 5.55. The predicted octanol–water partition coefficient (Wildman–Crippen LogP) is 2.79. The summed E-state index contributed by atoms with van der Waals surface area (Å²) in [7, 11) is 0. The van der Waals surface area contributed by atoms with E-state index in [1.165, 1.54) is 6.20 Å². The minimum Gasteiger partial charge on any atom is -0.436 e. The lowest BCUT2D eigenvalue weighted by Gasteiger charge is -2.15. The topological polar surface area (TPSA) is 71.5 Å². The molecule has 0 unspecified atom stereocenters. The molecule has 2 rings (SSSR count). The third-order valence-corrected chi connectivity index (χ3v) is 3.30. The highest BCUT2D eigenvalue weighted by Crippen LogP contribution is 2.26. The van der Waals surface area contributed by atoms with Crippen molar-refractivity contribution in [3.05, 3.63) is 53.7 Å². The van der Waals surface area contributed by atoms with Crippen LogP contribution in [-0.4, -0.2) is 22.1 Å². The first-order valence-electron chi connectivity index (χ1n) is 7.41. The van der Waals surface area contributed by atoms with Crippen LogP contribution in [-0.2, 0) is 11.3 Å². The first-order valence-corrected chi connectivity index (χ1v) is 7.41. The number of nitrogens with zero attached hydrogens (tertiary/aromatic N) is 1. The quantitative estimate of drug-likeness (QED) is 0.851. The number of amides is 1. The number of pyridine rings is 1. The molecule has 1 aromatic carbocycles. The summed E-state index contributed by atoms with van der Waals surface area (Å²) in [6, 6.07) is 6.21. The molecule has 1 aromatic heterocycles. The van der Waals surface area contributed by atoms with E-state index in [1.54, 1.807) is 26.0 Å². The van der Waals surface area contributed by atoms with Gasteiger partial charge in [-0.25, -0.2) is 13.8 Å². The number of carbonyl (C=O) groups excluding carboxylic acids is 1. The van der Waals surface area contributed by atoms with Gasteiger partial charge in [-0.15, -0.1) is 0 Å². The third-order valence-electron chi connectivity index (χ3n) is 3.30. The van der Waals surface area contributed by atoms with E-state index >= 15 is 0 Å². The molecule has 1 heterocycles. The van der Waals surface area contributed by atoms with E-state index < -0.39 is 23.6 Å². The van der Waals surface area contributed by atoms with Gasteiger partial charge in [-0.3, -0.25) is 4.79 Å². The Morgan fingerprint density at radius 3 is 2.75 bits per heavy atom. The van der Waals surface area contributed by atoms with Crippen molar-refractivity contribution in [1.82, 2.24) is 10.3 Å². The summed E-state index contributed by atoms with van der Waals surface area (Å²) in [4.78, 5) is 15.8. The summed E-state index contributed by atoms with van der Waals surface area (Å²) < 4.78 is 32.0. The highest BCUT2D eigenvalue weighted by Gasteiger charge is 2.19. The van der Waals surface area contributed by atoms with Crippen molar-refractivity contribution in [2.24, 2.45) is 5.92 Å². The number of aliphatic hydroxyl groups is 1. The van der Waals surface area contributed by atoms with Gasteiger partial charge in [0.2, 0.25) is 11.8 Å². The third kappa shape index (κ3) is 4.48. The Balaban J connectivity index is 2.11. The Morgan fingerprint density at radius 1 is 1.33 bits per heavy atom. The van der Waals surface area contributed by atoms with E-state index in [4.69, 9.17) is 4.74 Å². The second kappa shape index (κ2) is 7.83. The molecule has 0 fully saturated rings. The van der Waals surface area contributed by atoms with Gasteiger partial charge in [0, 0.05) is 24.4 Å². The Bertz CT molecular complexity index is 723. The first kappa shape index (κ1) is 17.8. The lowest BCUT2D eigenvalue weighted by Crippen LogP contribution is -2.37. The summed E-state index contributed by atoms with van der Waals surface area (Å²) in [5.41, 5.74) is 0.491. The summed E-state index contributed by atoms with van der Waals surface area (Å²) in [5.74, 6) is -2.40. The molecule has 0 saturated carbocycles. The average molecular weight is 336 g/mol.